The van der Waals surface area contributed by atoms with Crippen molar-refractivity contribution in [3.05, 3.63) is 65.5 Å². The van der Waals surface area contributed by atoms with E-state index in [0.29, 0.717) is 28.2 Å². The summed E-state index contributed by atoms with van der Waals surface area (Å²) in [5.41, 5.74) is 9.88. The van der Waals surface area contributed by atoms with Crippen LogP contribution >= 0.6 is 0 Å². The van der Waals surface area contributed by atoms with Gasteiger partial charge in [-0.15, -0.1) is 0 Å². The summed E-state index contributed by atoms with van der Waals surface area (Å²) >= 11 is 0. The van der Waals surface area contributed by atoms with Crippen molar-refractivity contribution in [2.45, 2.75) is 70.1 Å². The fraction of sp³-hybridized carbons (Fsp3) is 0.393. The van der Waals surface area contributed by atoms with Gasteiger partial charge in [0.05, 0.1) is 28.7 Å². The molecular weight excluding hydrogens is 482 g/mol. The number of Topliss-reactive ketones (excluding diaryl/α,β-unsaturated/α-hetero) is 1. The molecule has 3 atom stereocenters. The zero-order valence-electron chi connectivity index (χ0n) is 21.7. The Kier molecular flexibility index (Phi) is 5.60. The molecule has 1 unspecified atom stereocenters. The summed E-state index contributed by atoms with van der Waals surface area (Å²) in [6, 6.07) is 5.63. The van der Waals surface area contributed by atoms with Gasteiger partial charge in [0.1, 0.15) is 11.4 Å². The predicted octanol–water partition coefficient (Wildman–Crippen LogP) is 3.68. The standard InChI is InChI=1S/C28H31N7O3/c1-15(36)23-24(18-10-19-5-6-20(11-18)34(19)27(37)17-8-9-30-12-17)33-26-21(14-32-35(26)25(23)29)16-4-7-22(31-13-16)28(2,3)38/h4,7-9,12-14,18-20,30,38H,5-6,10-11,29H2,1-3H3/t18?,19-,20+. The number of nitrogens with one attached hydrogen (secondary N) is 1. The topological polar surface area (TPSA) is 142 Å². The number of carbonyl (C=O) groups is 2. The quantitative estimate of drug-likeness (QED) is 0.346. The lowest BCUT2D eigenvalue weighted by molar-refractivity contribution is 0.0568. The van der Waals surface area contributed by atoms with Crippen molar-refractivity contribution < 1.29 is 14.7 Å². The van der Waals surface area contributed by atoms with Gasteiger partial charge in [0.25, 0.3) is 5.91 Å². The molecule has 0 spiro atoms. The van der Waals surface area contributed by atoms with Crippen LogP contribution in [-0.4, -0.2) is 58.3 Å². The number of fused-ring (bicyclic) bond motifs is 3. The largest absolute Gasteiger partial charge is 0.384 e. The molecule has 196 valence electrons. The minimum Gasteiger partial charge on any atom is -0.384 e. The van der Waals surface area contributed by atoms with E-state index < -0.39 is 5.60 Å². The molecule has 6 rings (SSSR count). The molecule has 2 bridgehead atoms. The lowest BCUT2D eigenvalue weighted by atomic mass is 9.85. The van der Waals surface area contributed by atoms with Crippen molar-refractivity contribution in [3.63, 3.8) is 0 Å². The Morgan fingerprint density at radius 3 is 2.45 bits per heavy atom. The predicted molar refractivity (Wildman–Crippen MR) is 142 cm³/mol. The maximum absolute atomic E-state index is 13.2. The van der Waals surface area contributed by atoms with Crippen LogP contribution < -0.4 is 5.73 Å². The van der Waals surface area contributed by atoms with Gasteiger partial charge in [-0.3, -0.25) is 14.6 Å². The molecule has 2 aliphatic rings. The third kappa shape index (κ3) is 3.87. The van der Waals surface area contributed by atoms with Crippen molar-refractivity contribution in [2.24, 2.45) is 0 Å². The van der Waals surface area contributed by atoms with E-state index in [0.717, 1.165) is 36.8 Å². The number of nitrogens with zero attached hydrogens (tertiary/aromatic N) is 5. The van der Waals surface area contributed by atoms with Crippen molar-refractivity contribution in [3.8, 4) is 11.1 Å². The van der Waals surface area contributed by atoms with Crippen LogP contribution in [0.15, 0.2) is 43.0 Å². The average molecular weight is 514 g/mol. The van der Waals surface area contributed by atoms with Gasteiger partial charge in [0.2, 0.25) is 0 Å². The Hall–Kier alpha value is -4.05. The number of nitrogens with two attached hydrogens (primary N) is 1. The smallest absolute Gasteiger partial charge is 0.255 e. The molecule has 4 aromatic heterocycles. The van der Waals surface area contributed by atoms with Crippen LogP contribution in [0.2, 0.25) is 0 Å². The number of hydrogen-bond acceptors (Lipinski definition) is 7. The number of amides is 1. The number of carbonyl (C=O) groups excluding carboxylic acids is 2. The van der Waals surface area contributed by atoms with Crippen LogP contribution in [0.3, 0.4) is 0 Å². The van der Waals surface area contributed by atoms with E-state index in [9.17, 15) is 14.7 Å². The van der Waals surface area contributed by atoms with E-state index in [2.05, 4.69) is 15.1 Å². The highest BCUT2D eigenvalue weighted by atomic mass is 16.3. The van der Waals surface area contributed by atoms with Gasteiger partial charge in [-0.2, -0.15) is 9.61 Å². The summed E-state index contributed by atoms with van der Waals surface area (Å²) in [5.74, 6) is 0.153. The summed E-state index contributed by atoms with van der Waals surface area (Å²) in [5, 5.41) is 14.7. The first-order valence-corrected chi connectivity index (χ1v) is 13.0. The first kappa shape index (κ1) is 24.3. The molecule has 38 heavy (non-hydrogen) atoms. The fourth-order valence-corrected chi connectivity index (χ4v) is 6.15. The van der Waals surface area contributed by atoms with Crippen LogP contribution in [0.5, 0.6) is 0 Å². The molecule has 2 fully saturated rings. The first-order valence-electron chi connectivity index (χ1n) is 13.0. The molecule has 2 saturated heterocycles. The van der Waals surface area contributed by atoms with Crippen LogP contribution in [0.1, 0.15) is 84.5 Å². The molecule has 0 aromatic carbocycles. The van der Waals surface area contributed by atoms with E-state index >= 15 is 0 Å². The minimum atomic E-state index is -1.05. The molecule has 10 heteroatoms. The van der Waals surface area contributed by atoms with Gasteiger partial charge in [-0.05, 0) is 58.6 Å². The zero-order chi connectivity index (χ0) is 26.8. The Morgan fingerprint density at radius 2 is 1.87 bits per heavy atom. The van der Waals surface area contributed by atoms with Gasteiger partial charge < -0.3 is 20.7 Å². The average Bonchev–Trinajstić information content (AvgIpc) is 3.61. The highest BCUT2D eigenvalue weighted by Crippen LogP contribution is 2.45. The zero-order valence-corrected chi connectivity index (χ0v) is 21.7. The second-order valence-corrected chi connectivity index (χ2v) is 11.0. The molecule has 0 saturated carbocycles. The van der Waals surface area contributed by atoms with Gasteiger partial charge >= 0.3 is 0 Å². The molecule has 0 radical (unpaired) electrons. The number of ketones is 1. The Balaban J connectivity index is 1.39. The highest BCUT2D eigenvalue weighted by molar-refractivity contribution is 6.00. The van der Waals surface area contributed by atoms with Gasteiger partial charge in [0.15, 0.2) is 11.4 Å². The molecular formula is C28H31N7O3. The Labute approximate surface area is 219 Å². The summed E-state index contributed by atoms with van der Waals surface area (Å²) in [6.45, 7) is 4.88. The molecule has 2 aliphatic heterocycles. The van der Waals surface area contributed by atoms with Crippen molar-refractivity contribution in [2.75, 3.05) is 5.73 Å². The number of aromatic nitrogens is 5. The molecule has 1 amide bonds. The van der Waals surface area contributed by atoms with Crippen molar-refractivity contribution >= 4 is 23.2 Å². The van der Waals surface area contributed by atoms with Gasteiger partial charge in [-0.25, -0.2) is 4.98 Å². The second-order valence-electron chi connectivity index (χ2n) is 11.0. The fourth-order valence-electron chi connectivity index (χ4n) is 6.15. The number of hydrogen-bond donors (Lipinski definition) is 3. The van der Waals surface area contributed by atoms with Gasteiger partial charge in [-0.1, -0.05) is 6.07 Å². The lowest BCUT2D eigenvalue weighted by Crippen LogP contribution is -2.46. The number of aromatic amines is 1. The summed E-state index contributed by atoms with van der Waals surface area (Å²) in [7, 11) is 0. The number of rotatable bonds is 5. The van der Waals surface area contributed by atoms with Crippen LogP contribution in [0.25, 0.3) is 16.8 Å². The highest BCUT2D eigenvalue weighted by Gasteiger charge is 2.45. The number of anilines is 1. The van der Waals surface area contributed by atoms with E-state index in [1.165, 1.54) is 11.4 Å². The summed E-state index contributed by atoms with van der Waals surface area (Å²) in [4.78, 5) is 40.5. The summed E-state index contributed by atoms with van der Waals surface area (Å²) in [6.07, 6.45) is 10.2. The molecule has 0 aliphatic carbocycles. The van der Waals surface area contributed by atoms with Crippen molar-refractivity contribution in [1.82, 2.24) is 29.5 Å². The van der Waals surface area contributed by atoms with E-state index in [1.807, 2.05) is 17.0 Å². The third-order valence-corrected chi connectivity index (χ3v) is 7.96. The molecule has 4 aromatic rings. The van der Waals surface area contributed by atoms with Crippen LogP contribution in [0.4, 0.5) is 5.82 Å². The summed E-state index contributed by atoms with van der Waals surface area (Å²) < 4.78 is 1.51. The normalized spacial score (nSPS) is 21.3. The maximum atomic E-state index is 13.2. The van der Waals surface area contributed by atoms with Crippen LogP contribution in [0, 0.1) is 0 Å². The third-order valence-electron chi connectivity index (χ3n) is 7.96. The molecule has 10 nitrogen and oxygen atoms in total. The Bertz CT molecular complexity index is 1520. The van der Waals surface area contributed by atoms with E-state index in [1.54, 1.807) is 44.7 Å². The number of H-pyrrole nitrogens is 1. The number of aliphatic hydroxyl groups is 1. The number of nitrogen functional groups attached to an aromatic ring is 1. The number of piperidine rings is 1. The minimum absolute atomic E-state index is 0.00702. The Morgan fingerprint density at radius 1 is 1.13 bits per heavy atom. The number of pyridine rings is 1. The van der Waals surface area contributed by atoms with Crippen LogP contribution in [-0.2, 0) is 5.60 Å². The van der Waals surface area contributed by atoms with Gasteiger partial charge in [0, 0.05) is 47.7 Å². The molecule has 4 N–H and O–H groups in total. The maximum Gasteiger partial charge on any atom is 0.255 e. The second kappa shape index (κ2) is 8.76. The van der Waals surface area contributed by atoms with E-state index in [-0.39, 0.29) is 35.5 Å². The van der Waals surface area contributed by atoms with Crippen molar-refractivity contribution in [1.29, 1.82) is 0 Å². The SMILES string of the molecule is CC(=O)c1c(C2C[C@H]3CC[C@@H](C2)N3C(=O)c2cc[nH]c2)nc2c(-c3ccc(C(C)(C)O)nc3)cnn2c1N. The monoisotopic (exact) mass is 513 g/mol. The molecule has 6 heterocycles. The first-order chi connectivity index (χ1) is 18.1. The van der Waals surface area contributed by atoms with E-state index in [4.69, 9.17) is 10.7 Å². The lowest BCUT2D eigenvalue weighted by Gasteiger charge is -2.39.